The third-order valence-corrected chi connectivity index (χ3v) is 2.63. The zero-order valence-electron chi connectivity index (χ0n) is 10.7. The van der Waals surface area contributed by atoms with Crippen LogP contribution in [0.15, 0.2) is 41.1 Å². The molecule has 0 aliphatic carbocycles. The number of aliphatic carboxylic acids is 1. The van der Waals surface area contributed by atoms with Gasteiger partial charge in [0, 0.05) is 17.7 Å². The number of hydrogen-bond acceptors (Lipinski definition) is 4. The second-order valence-electron chi connectivity index (χ2n) is 4.08. The minimum atomic E-state index is -1.04. The highest BCUT2D eigenvalue weighted by molar-refractivity contribution is 6.04. The number of anilines is 1. The molecule has 2 rings (SSSR count). The van der Waals surface area contributed by atoms with Crippen LogP contribution in [0.25, 0.3) is 6.08 Å². The van der Waals surface area contributed by atoms with Gasteiger partial charge >= 0.3 is 5.97 Å². The summed E-state index contributed by atoms with van der Waals surface area (Å²) >= 11 is 0. The molecule has 1 aromatic carbocycles. The largest absolute Gasteiger partial charge is 0.478 e. The number of benzene rings is 1. The van der Waals surface area contributed by atoms with E-state index in [1.165, 1.54) is 18.4 Å². The summed E-state index contributed by atoms with van der Waals surface area (Å²) in [5, 5.41) is 14.8. The van der Waals surface area contributed by atoms with Crippen LogP contribution >= 0.6 is 0 Å². The Bertz CT molecular complexity index is 660. The fraction of sp³-hybridized carbons (Fsp3) is 0.0714. The molecule has 0 saturated heterocycles. The quantitative estimate of drug-likeness (QED) is 0.833. The lowest BCUT2D eigenvalue weighted by atomic mass is 10.0. The average molecular weight is 272 g/mol. The molecule has 2 N–H and O–H groups in total. The maximum atomic E-state index is 12.0. The number of nitrogens with zero attached hydrogens (tertiary/aromatic N) is 1. The van der Waals surface area contributed by atoms with Gasteiger partial charge in [-0.2, -0.15) is 0 Å². The highest BCUT2D eigenvalue weighted by atomic mass is 16.5. The molecule has 102 valence electrons. The van der Waals surface area contributed by atoms with E-state index in [-0.39, 0.29) is 5.91 Å². The molecule has 0 unspecified atom stereocenters. The first-order chi connectivity index (χ1) is 9.56. The van der Waals surface area contributed by atoms with Crippen LogP contribution in [-0.4, -0.2) is 22.1 Å². The number of nitrogens with one attached hydrogen (secondary N) is 1. The Balaban J connectivity index is 2.22. The molecule has 20 heavy (non-hydrogen) atoms. The van der Waals surface area contributed by atoms with E-state index >= 15 is 0 Å². The molecule has 1 aromatic heterocycles. The molecule has 6 heteroatoms. The van der Waals surface area contributed by atoms with Gasteiger partial charge in [0.2, 0.25) is 0 Å². The van der Waals surface area contributed by atoms with Crippen LogP contribution in [0.1, 0.15) is 21.5 Å². The number of carbonyl (C=O) groups excluding carboxylic acids is 1. The van der Waals surface area contributed by atoms with Crippen molar-refractivity contribution >= 4 is 23.8 Å². The van der Waals surface area contributed by atoms with Crippen molar-refractivity contribution in [3.8, 4) is 0 Å². The van der Waals surface area contributed by atoms with Crippen molar-refractivity contribution < 1.29 is 19.2 Å². The average Bonchev–Trinajstić information content (AvgIpc) is 2.90. The summed E-state index contributed by atoms with van der Waals surface area (Å²) in [7, 11) is 0. The maximum Gasteiger partial charge on any atom is 0.328 e. The molecule has 1 amide bonds. The highest BCUT2D eigenvalue weighted by Crippen LogP contribution is 2.14. The van der Waals surface area contributed by atoms with Crippen LogP contribution in [0.4, 0.5) is 5.82 Å². The molecule has 0 aliphatic heterocycles. The summed E-state index contributed by atoms with van der Waals surface area (Å²) in [4.78, 5) is 22.5. The van der Waals surface area contributed by atoms with Crippen LogP contribution in [0.5, 0.6) is 0 Å². The van der Waals surface area contributed by atoms with E-state index in [0.29, 0.717) is 16.9 Å². The molecule has 0 aliphatic rings. The maximum absolute atomic E-state index is 12.0. The molecular weight excluding hydrogens is 260 g/mol. The van der Waals surface area contributed by atoms with Crippen molar-refractivity contribution in [3.63, 3.8) is 0 Å². The van der Waals surface area contributed by atoms with E-state index in [2.05, 4.69) is 15.0 Å². The fourth-order valence-corrected chi connectivity index (χ4v) is 1.59. The Morgan fingerprint density at radius 1 is 1.35 bits per heavy atom. The lowest BCUT2D eigenvalue weighted by molar-refractivity contribution is -0.131. The second-order valence-corrected chi connectivity index (χ2v) is 4.08. The van der Waals surface area contributed by atoms with Crippen LogP contribution in [0, 0.1) is 6.92 Å². The number of aryl methyl sites for hydroxylation is 1. The summed E-state index contributed by atoms with van der Waals surface area (Å²) in [6, 6.07) is 6.55. The number of aromatic nitrogens is 1. The lowest BCUT2D eigenvalue weighted by Gasteiger charge is -2.05. The normalized spacial score (nSPS) is 10.7. The summed E-state index contributed by atoms with van der Waals surface area (Å²) in [6.45, 7) is 1.83. The van der Waals surface area contributed by atoms with Gasteiger partial charge in [-0.15, -0.1) is 0 Å². The minimum Gasteiger partial charge on any atom is -0.478 e. The van der Waals surface area contributed by atoms with Crippen LogP contribution in [-0.2, 0) is 4.79 Å². The van der Waals surface area contributed by atoms with E-state index in [1.807, 2.05) is 6.92 Å². The fourth-order valence-electron chi connectivity index (χ4n) is 1.59. The second kappa shape index (κ2) is 5.83. The number of amides is 1. The van der Waals surface area contributed by atoms with Gasteiger partial charge in [-0.3, -0.25) is 4.79 Å². The van der Waals surface area contributed by atoms with Gasteiger partial charge in [0.1, 0.15) is 6.26 Å². The van der Waals surface area contributed by atoms with Crippen LogP contribution in [0.2, 0.25) is 0 Å². The summed E-state index contributed by atoms with van der Waals surface area (Å²) in [5.41, 5.74) is 1.95. The number of carbonyl (C=O) groups is 2. The monoisotopic (exact) mass is 272 g/mol. The highest BCUT2D eigenvalue weighted by Gasteiger charge is 2.09. The first-order valence-corrected chi connectivity index (χ1v) is 5.79. The van der Waals surface area contributed by atoms with Crippen molar-refractivity contribution in [1.82, 2.24) is 5.16 Å². The van der Waals surface area contributed by atoms with Gasteiger partial charge in [-0.25, -0.2) is 4.79 Å². The Hall–Kier alpha value is -2.89. The third-order valence-electron chi connectivity index (χ3n) is 2.63. The van der Waals surface area contributed by atoms with Crippen molar-refractivity contribution in [2.24, 2.45) is 0 Å². The molecule has 6 nitrogen and oxygen atoms in total. The molecule has 0 saturated carbocycles. The number of carboxylic acid groups (broad SMARTS) is 1. The Morgan fingerprint density at radius 3 is 2.80 bits per heavy atom. The van der Waals surface area contributed by atoms with E-state index in [4.69, 9.17) is 5.11 Å². The molecule has 0 spiro atoms. The molecule has 1 heterocycles. The van der Waals surface area contributed by atoms with Gasteiger partial charge < -0.3 is 14.9 Å². The predicted molar refractivity (Wildman–Crippen MR) is 72.3 cm³/mol. The Kier molecular flexibility index (Phi) is 3.95. The summed E-state index contributed by atoms with van der Waals surface area (Å²) in [5.74, 6) is -1.07. The Morgan fingerprint density at radius 2 is 2.15 bits per heavy atom. The van der Waals surface area contributed by atoms with Crippen LogP contribution < -0.4 is 5.32 Å². The Labute approximate surface area is 114 Å². The molecule has 0 atom stereocenters. The van der Waals surface area contributed by atoms with E-state index in [9.17, 15) is 9.59 Å². The van der Waals surface area contributed by atoms with E-state index in [0.717, 1.165) is 11.6 Å². The zero-order valence-corrected chi connectivity index (χ0v) is 10.7. The number of rotatable bonds is 4. The van der Waals surface area contributed by atoms with Gasteiger partial charge in [-0.05, 0) is 36.3 Å². The standard InChI is InChI=1S/C14H12N2O4/c1-9-2-3-11(8-10(9)4-5-13(17)18)14(19)15-12-6-7-20-16-12/h2-8H,1H3,(H,17,18)(H,15,16,19)/b5-4+. The molecule has 2 aromatic rings. The molecule has 0 bridgehead atoms. The van der Waals surface area contributed by atoms with Gasteiger partial charge in [0.25, 0.3) is 5.91 Å². The lowest BCUT2D eigenvalue weighted by Crippen LogP contribution is -2.12. The third kappa shape index (κ3) is 3.32. The summed E-state index contributed by atoms with van der Waals surface area (Å²) < 4.78 is 4.62. The minimum absolute atomic E-state index is 0.318. The van der Waals surface area contributed by atoms with Gasteiger partial charge in [0.15, 0.2) is 5.82 Å². The van der Waals surface area contributed by atoms with Crippen molar-refractivity contribution in [2.45, 2.75) is 6.92 Å². The molecule has 0 fully saturated rings. The van der Waals surface area contributed by atoms with Crippen molar-refractivity contribution in [3.05, 3.63) is 53.3 Å². The van der Waals surface area contributed by atoms with E-state index in [1.54, 1.807) is 18.2 Å². The van der Waals surface area contributed by atoms with Crippen LogP contribution in [0.3, 0.4) is 0 Å². The zero-order chi connectivity index (χ0) is 14.5. The van der Waals surface area contributed by atoms with Crippen molar-refractivity contribution in [2.75, 3.05) is 5.32 Å². The molecular formula is C14H12N2O4. The van der Waals surface area contributed by atoms with Crippen molar-refractivity contribution in [1.29, 1.82) is 0 Å². The van der Waals surface area contributed by atoms with Gasteiger partial charge in [-0.1, -0.05) is 11.2 Å². The number of carboxylic acids is 1. The summed E-state index contributed by atoms with van der Waals surface area (Å²) in [6.07, 6.45) is 3.83. The molecule has 0 radical (unpaired) electrons. The SMILES string of the molecule is Cc1ccc(C(=O)Nc2ccon2)cc1/C=C/C(=O)O. The van der Waals surface area contributed by atoms with Gasteiger partial charge in [0.05, 0.1) is 0 Å². The van der Waals surface area contributed by atoms with E-state index < -0.39 is 5.97 Å². The first-order valence-electron chi connectivity index (χ1n) is 5.79. The smallest absolute Gasteiger partial charge is 0.328 e. The predicted octanol–water partition coefficient (Wildman–Crippen LogP) is 2.33. The first kappa shape index (κ1) is 13.5. The topological polar surface area (TPSA) is 92.4 Å². The number of hydrogen-bond donors (Lipinski definition) is 2.